The Morgan fingerprint density at radius 3 is 2.91 bits per heavy atom. The van der Waals surface area contributed by atoms with E-state index in [0.717, 1.165) is 10.9 Å². The Balaban J connectivity index is 2.65. The van der Waals surface area contributed by atoms with Crippen molar-refractivity contribution in [3.63, 3.8) is 0 Å². The van der Waals surface area contributed by atoms with E-state index in [9.17, 15) is 0 Å². The number of halogens is 1. The maximum atomic E-state index is 8.34. The fourth-order valence-corrected chi connectivity index (χ4v) is 1.34. The molecule has 0 aromatic heterocycles. The maximum Gasteiger partial charge on any atom is 0.0625 e. The smallest absolute Gasteiger partial charge is 0.0625 e. The van der Waals surface area contributed by atoms with Gasteiger partial charge < -0.3 is 0 Å². The number of benzene rings is 1. The highest BCUT2D eigenvalue weighted by atomic mass is 79.9. The van der Waals surface area contributed by atoms with Crippen LogP contribution >= 0.6 is 15.9 Å². The van der Waals surface area contributed by atoms with E-state index >= 15 is 0 Å². The minimum Gasteiger partial charge on any atom is -0.198 e. The van der Waals surface area contributed by atoms with Crippen LogP contribution in [0.25, 0.3) is 0 Å². The zero-order valence-electron chi connectivity index (χ0n) is 6.05. The molecule has 1 rings (SSSR count). The first-order valence-electron chi connectivity index (χ1n) is 3.44. The van der Waals surface area contributed by atoms with Gasteiger partial charge in [0.1, 0.15) is 0 Å². The molecule has 0 aliphatic heterocycles. The number of rotatable bonds is 2. The van der Waals surface area contributed by atoms with Crippen molar-refractivity contribution in [2.24, 2.45) is 0 Å². The molecular weight excluding hydrogens is 202 g/mol. The molecule has 0 radical (unpaired) electrons. The Hall–Kier alpha value is -0.810. The lowest BCUT2D eigenvalue weighted by molar-refractivity contribution is 1.01. The normalized spacial score (nSPS) is 9.09. The number of nitrogens with zero attached hydrogens (tertiary/aromatic N) is 1. The second kappa shape index (κ2) is 4.15. The average Bonchev–Trinajstić information content (AvgIpc) is 2.01. The minimum absolute atomic E-state index is 0.594. The molecule has 0 N–H and O–H groups in total. The van der Waals surface area contributed by atoms with Crippen LogP contribution in [0.1, 0.15) is 12.0 Å². The van der Waals surface area contributed by atoms with Gasteiger partial charge in [-0.05, 0) is 24.1 Å². The van der Waals surface area contributed by atoms with Crippen LogP contribution in [-0.4, -0.2) is 0 Å². The molecule has 0 saturated heterocycles. The fourth-order valence-electron chi connectivity index (χ4n) is 0.893. The number of aryl methyl sites for hydroxylation is 1. The molecule has 0 atom stereocenters. The molecule has 0 unspecified atom stereocenters. The van der Waals surface area contributed by atoms with Gasteiger partial charge in [0.25, 0.3) is 0 Å². The van der Waals surface area contributed by atoms with E-state index < -0.39 is 0 Å². The van der Waals surface area contributed by atoms with Crippen LogP contribution < -0.4 is 0 Å². The molecule has 2 heteroatoms. The Kier molecular flexibility index (Phi) is 3.13. The van der Waals surface area contributed by atoms with Crippen LogP contribution in [0.15, 0.2) is 28.7 Å². The fraction of sp³-hybridized carbons (Fsp3) is 0.222. The van der Waals surface area contributed by atoms with Gasteiger partial charge in [-0.1, -0.05) is 28.1 Å². The lowest BCUT2D eigenvalue weighted by Crippen LogP contribution is -1.81. The first-order chi connectivity index (χ1) is 5.33. The van der Waals surface area contributed by atoms with Crippen molar-refractivity contribution in [3.05, 3.63) is 34.3 Å². The second-order valence-corrected chi connectivity index (χ2v) is 3.20. The molecule has 0 heterocycles. The molecule has 0 bridgehead atoms. The van der Waals surface area contributed by atoms with Gasteiger partial charge in [-0.2, -0.15) is 5.26 Å². The Bertz CT molecular complexity index is 275. The predicted octanol–water partition coefficient (Wildman–Crippen LogP) is 2.91. The quantitative estimate of drug-likeness (QED) is 0.736. The van der Waals surface area contributed by atoms with E-state index in [1.54, 1.807) is 0 Å². The van der Waals surface area contributed by atoms with Crippen molar-refractivity contribution in [2.75, 3.05) is 0 Å². The first-order valence-corrected chi connectivity index (χ1v) is 4.23. The van der Waals surface area contributed by atoms with Gasteiger partial charge in [-0.25, -0.2) is 0 Å². The second-order valence-electron chi connectivity index (χ2n) is 2.29. The number of nitriles is 1. The van der Waals surface area contributed by atoms with Crippen molar-refractivity contribution in [1.82, 2.24) is 0 Å². The molecule has 0 spiro atoms. The topological polar surface area (TPSA) is 23.8 Å². The van der Waals surface area contributed by atoms with Gasteiger partial charge in [0.05, 0.1) is 6.07 Å². The van der Waals surface area contributed by atoms with Crippen LogP contribution in [-0.2, 0) is 6.42 Å². The van der Waals surface area contributed by atoms with Crippen LogP contribution in [0, 0.1) is 11.3 Å². The lowest BCUT2D eigenvalue weighted by atomic mass is 10.1. The molecule has 1 aromatic rings. The SMILES string of the molecule is N#CCCc1cccc(Br)c1. The Morgan fingerprint density at radius 2 is 2.27 bits per heavy atom. The third-order valence-electron chi connectivity index (χ3n) is 1.41. The third kappa shape index (κ3) is 2.73. The van der Waals surface area contributed by atoms with Gasteiger partial charge in [-0.15, -0.1) is 0 Å². The van der Waals surface area contributed by atoms with E-state index in [-0.39, 0.29) is 0 Å². The highest BCUT2D eigenvalue weighted by Crippen LogP contribution is 2.12. The zero-order chi connectivity index (χ0) is 8.10. The van der Waals surface area contributed by atoms with E-state index in [2.05, 4.69) is 22.0 Å². The summed E-state index contributed by atoms with van der Waals surface area (Å²) in [5.41, 5.74) is 1.21. The lowest BCUT2D eigenvalue weighted by Gasteiger charge is -1.96. The largest absolute Gasteiger partial charge is 0.198 e. The van der Waals surface area contributed by atoms with Gasteiger partial charge in [-0.3, -0.25) is 0 Å². The van der Waals surface area contributed by atoms with E-state index in [1.165, 1.54) is 5.56 Å². The molecule has 0 aliphatic rings. The van der Waals surface area contributed by atoms with Crippen molar-refractivity contribution < 1.29 is 0 Å². The summed E-state index contributed by atoms with van der Waals surface area (Å²) in [5, 5.41) is 8.34. The van der Waals surface area contributed by atoms with E-state index in [4.69, 9.17) is 5.26 Å². The van der Waals surface area contributed by atoms with Gasteiger partial charge in [0.2, 0.25) is 0 Å². The first kappa shape index (κ1) is 8.29. The van der Waals surface area contributed by atoms with Crippen LogP contribution in [0.3, 0.4) is 0 Å². The monoisotopic (exact) mass is 209 g/mol. The maximum absolute atomic E-state index is 8.34. The molecule has 0 amide bonds. The highest BCUT2D eigenvalue weighted by Gasteiger charge is 1.91. The van der Waals surface area contributed by atoms with Crippen molar-refractivity contribution in [3.8, 4) is 6.07 Å². The minimum atomic E-state index is 0.594. The highest BCUT2D eigenvalue weighted by molar-refractivity contribution is 9.10. The van der Waals surface area contributed by atoms with Gasteiger partial charge >= 0.3 is 0 Å². The summed E-state index contributed by atoms with van der Waals surface area (Å²) >= 11 is 3.37. The van der Waals surface area contributed by atoms with E-state index in [1.807, 2.05) is 24.3 Å². The molecule has 0 aliphatic carbocycles. The zero-order valence-corrected chi connectivity index (χ0v) is 7.63. The van der Waals surface area contributed by atoms with Crippen molar-refractivity contribution in [1.29, 1.82) is 5.26 Å². The molecular formula is C9H8BrN. The number of hydrogen-bond donors (Lipinski definition) is 0. The predicted molar refractivity (Wildman–Crippen MR) is 48.1 cm³/mol. The van der Waals surface area contributed by atoms with Crippen molar-refractivity contribution >= 4 is 15.9 Å². The summed E-state index contributed by atoms with van der Waals surface area (Å²) in [7, 11) is 0. The van der Waals surface area contributed by atoms with Gasteiger partial charge in [0.15, 0.2) is 0 Å². The van der Waals surface area contributed by atoms with Crippen LogP contribution in [0.5, 0.6) is 0 Å². The van der Waals surface area contributed by atoms with E-state index in [0.29, 0.717) is 6.42 Å². The molecule has 0 fully saturated rings. The van der Waals surface area contributed by atoms with Crippen molar-refractivity contribution in [2.45, 2.75) is 12.8 Å². The summed E-state index contributed by atoms with van der Waals surface area (Å²) in [4.78, 5) is 0. The van der Waals surface area contributed by atoms with Gasteiger partial charge in [0, 0.05) is 10.9 Å². The molecule has 1 aromatic carbocycles. The summed E-state index contributed by atoms with van der Waals surface area (Å²) in [5.74, 6) is 0. The Morgan fingerprint density at radius 1 is 1.45 bits per heavy atom. The molecule has 0 saturated carbocycles. The average molecular weight is 210 g/mol. The summed E-state index contributed by atoms with van der Waals surface area (Å²) in [6.45, 7) is 0. The standard InChI is InChI=1S/C9H8BrN/c10-9-5-1-3-8(7-9)4-2-6-11/h1,3,5,7H,2,4H2. The van der Waals surface area contributed by atoms with Crippen LogP contribution in [0.2, 0.25) is 0 Å². The molecule has 56 valence electrons. The summed E-state index contributed by atoms with van der Waals surface area (Å²) < 4.78 is 1.08. The number of hydrogen-bond acceptors (Lipinski definition) is 1. The van der Waals surface area contributed by atoms with Crippen LogP contribution in [0.4, 0.5) is 0 Å². The molecule has 11 heavy (non-hydrogen) atoms. The molecule has 1 nitrogen and oxygen atoms in total. The Labute approximate surface area is 74.8 Å². The third-order valence-corrected chi connectivity index (χ3v) is 1.91. The summed E-state index contributed by atoms with van der Waals surface area (Å²) in [6.07, 6.45) is 1.44. The summed E-state index contributed by atoms with van der Waals surface area (Å²) in [6, 6.07) is 10.2.